The van der Waals surface area contributed by atoms with Crippen molar-refractivity contribution < 1.29 is 22.7 Å². The summed E-state index contributed by atoms with van der Waals surface area (Å²) in [7, 11) is -3.35. The van der Waals surface area contributed by atoms with Crippen LogP contribution in [0, 0.1) is 17.2 Å². The van der Waals surface area contributed by atoms with Crippen molar-refractivity contribution in [3.05, 3.63) is 16.0 Å². The summed E-state index contributed by atoms with van der Waals surface area (Å²) < 4.78 is 29.9. The van der Waals surface area contributed by atoms with Gasteiger partial charge in [0, 0.05) is 24.5 Å². The molecule has 1 saturated heterocycles. The third-order valence-electron chi connectivity index (χ3n) is 5.16. The van der Waals surface area contributed by atoms with Crippen molar-refractivity contribution >= 4 is 38.4 Å². The second-order valence-electron chi connectivity index (χ2n) is 7.14. The molecule has 2 amide bonds. The van der Waals surface area contributed by atoms with Crippen LogP contribution in [-0.2, 0) is 32.5 Å². The van der Waals surface area contributed by atoms with Gasteiger partial charge in [0.2, 0.25) is 15.9 Å². The van der Waals surface area contributed by atoms with Gasteiger partial charge in [-0.2, -0.15) is 5.26 Å². The maximum atomic E-state index is 12.8. The maximum absolute atomic E-state index is 12.8. The van der Waals surface area contributed by atoms with Crippen molar-refractivity contribution in [2.75, 3.05) is 37.8 Å². The standard InChI is InChI=1S/C18H24N4O5S2/c1-3-27-18(24)21-8-6-13-14(9-19)17(28-15(13)11-21)20-16(23)12-5-4-7-22(10-12)29(2,25)26/h12H,3-8,10-11H2,1-2H3,(H,20,23)/t12-/m1/s1. The van der Waals surface area contributed by atoms with Crippen LogP contribution in [0.5, 0.6) is 0 Å². The van der Waals surface area contributed by atoms with Crippen molar-refractivity contribution in [1.82, 2.24) is 9.21 Å². The fourth-order valence-electron chi connectivity index (χ4n) is 3.65. The molecule has 2 aliphatic heterocycles. The van der Waals surface area contributed by atoms with Gasteiger partial charge < -0.3 is 15.0 Å². The monoisotopic (exact) mass is 440 g/mol. The average molecular weight is 441 g/mol. The van der Waals surface area contributed by atoms with Crippen molar-refractivity contribution in [3.8, 4) is 6.07 Å². The Morgan fingerprint density at radius 3 is 2.79 bits per heavy atom. The molecule has 0 unspecified atom stereocenters. The zero-order chi connectivity index (χ0) is 21.2. The Balaban J connectivity index is 1.74. The van der Waals surface area contributed by atoms with Gasteiger partial charge in [0.25, 0.3) is 0 Å². The Bertz CT molecular complexity index is 950. The minimum Gasteiger partial charge on any atom is -0.450 e. The number of nitrogens with one attached hydrogen (secondary N) is 1. The number of carbonyl (C=O) groups is 2. The molecule has 29 heavy (non-hydrogen) atoms. The van der Waals surface area contributed by atoms with Crippen LogP contribution in [0.25, 0.3) is 0 Å². The molecule has 2 aliphatic rings. The molecule has 9 nitrogen and oxygen atoms in total. The van der Waals surface area contributed by atoms with Crippen molar-refractivity contribution in [2.45, 2.75) is 32.7 Å². The molecule has 0 spiro atoms. The van der Waals surface area contributed by atoms with Gasteiger partial charge in [0.15, 0.2) is 0 Å². The van der Waals surface area contributed by atoms with Gasteiger partial charge >= 0.3 is 6.09 Å². The molecule has 3 rings (SSSR count). The topological polar surface area (TPSA) is 120 Å². The zero-order valence-electron chi connectivity index (χ0n) is 16.4. The van der Waals surface area contributed by atoms with E-state index < -0.39 is 22.0 Å². The van der Waals surface area contributed by atoms with Gasteiger partial charge in [-0.05, 0) is 31.7 Å². The van der Waals surface area contributed by atoms with E-state index in [2.05, 4.69) is 11.4 Å². The van der Waals surface area contributed by atoms with Gasteiger partial charge in [0.05, 0.1) is 30.9 Å². The Morgan fingerprint density at radius 2 is 2.14 bits per heavy atom. The summed E-state index contributed by atoms with van der Waals surface area (Å²) >= 11 is 1.29. The highest BCUT2D eigenvalue weighted by atomic mass is 32.2. The normalized spacial score (nSPS) is 19.9. The third-order valence-corrected chi connectivity index (χ3v) is 7.56. The molecule has 1 aromatic heterocycles. The summed E-state index contributed by atoms with van der Waals surface area (Å²) in [5, 5.41) is 12.9. The van der Waals surface area contributed by atoms with Crippen LogP contribution in [0.1, 0.15) is 35.8 Å². The van der Waals surface area contributed by atoms with Crippen LogP contribution in [0.4, 0.5) is 9.80 Å². The molecular weight excluding hydrogens is 416 g/mol. The molecule has 0 aliphatic carbocycles. The second kappa shape index (κ2) is 8.69. The Morgan fingerprint density at radius 1 is 1.38 bits per heavy atom. The summed E-state index contributed by atoms with van der Waals surface area (Å²) in [6.45, 7) is 3.40. The first-order chi connectivity index (χ1) is 13.7. The van der Waals surface area contributed by atoms with Gasteiger partial charge in [-0.3, -0.25) is 4.79 Å². The van der Waals surface area contributed by atoms with Gasteiger partial charge in [-0.15, -0.1) is 11.3 Å². The molecule has 3 heterocycles. The number of ether oxygens (including phenoxy) is 1. The summed E-state index contributed by atoms with van der Waals surface area (Å²) in [4.78, 5) is 27.2. The van der Waals surface area contributed by atoms with Crippen LogP contribution in [0.3, 0.4) is 0 Å². The zero-order valence-corrected chi connectivity index (χ0v) is 18.1. The first kappa shape index (κ1) is 21.5. The summed E-state index contributed by atoms with van der Waals surface area (Å²) in [6, 6.07) is 2.17. The summed E-state index contributed by atoms with van der Waals surface area (Å²) in [5.41, 5.74) is 1.28. The molecule has 1 aromatic rings. The van der Waals surface area contributed by atoms with Crippen LogP contribution >= 0.6 is 11.3 Å². The van der Waals surface area contributed by atoms with Crippen LogP contribution in [0.2, 0.25) is 0 Å². The predicted octanol–water partition coefficient (Wildman–Crippen LogP) is 1.74. The molecule has 1 atom stereocenters. The van der Waals surface area contributed by atoms with Gasteiger partial charge in [-0.25, -0.2) is 17.5 Å². The lowest BCUT2D eigenvalue weighted by Crippen LogP contribution is -2.43. The van der Waals surface area contributed by atoms with E-state index in [1.807, 2.05) is 0 Å². The Hall–Kier alpha value is -2.16. The molecule has 0 aromatic carbocycles. The lowest BCUT2D eigenvalue weighted by Gasteiger charge is -2.29. The number of hydrogen-bond acceptors (Lipinski definition) is 7. The Labute approximate surface area is 174 Å². The quantitative estimate of drug-likeness (QED) is 0.762. The van der Waals surface area contributed by atoms with Gasteiger partial charge in [-0.1, -0.05) is 0 Å². The van der Waals surface area contributed by atoms with E-state index in [-0.39, 0.29) is 12.5 Å². The number of amides is 2. The highest BCUT2D eigenvalue weighted by Gasteiger charge is 2.32. The fraction of sp³-hybridized carbons (Fsp3) is 0.611. The smallest absolute Gasteiger partial charge is 0.410 e. The van der Waals surface area contributed by atoms with E-state index in [9.17, 15) is 23.3 Å². The highest BCUT2D eigenvalue weighted by molar-refractivity contribution is 7.88. The molecule has 1 fully saturated rings. The van der Waals surface area contributed by atoms with E-state index in [4.69, 9.17) is 4.74 Å². The van der Waals surface area contributed by atoms with Crippen molar-refractivity contribution in [2.24, 2.45) is 5.92 Å². The van der Waals surface area contributed by atoms with E-state index in [1.165, 1.54) is 15.6 Å². The fourth-order valence-corrected chi connectivity index (χ4v) is 5.78. The van der Waals surface area contributed by atoms with E-state index in [0.717, 1.165) is 16.7 Å². The third kappa shape index (κ3) is 4.71. The number of nitriles is 1. The molecule has 0 saturated carbocycles. The maximum Gasteiger partial charge on any atom is 0.410 e. The highest BCUT2D eigenvalue weighted by Crippen LogP contribution is 2.37. The van der Waals surface area contributed by atoms with E-state index >= 15 is 0 Å². The van der Waals surface area contributed by atoms with E-state index in [0.29, 0.717) is 56.1 Å². The minimum absolute atomic E-state index is 0.147. The van der Waals surface area contributed by atoms with Crippen LogP contribution in [0.15, 0.2) is 0 Å². The van der Waals surface area contributed by atoms with Crippen molar-refractivity contribution in [1.29, 1.82) is 5.26 Å². The molecule has 0 radical (unpaired) electrons. The number of thiophene rings is 1. The number of fused-ring (bicyclic) bond motifs is 1. The number of piperidine rings is 1. The second-order valence-corrected chi connectivity index (χ2v) is 10.2. The Kier molecular flexibility index (Phi) is 6.45. The first-order valence-corrected chi connectivity index (χ1v) is 12.1. The average Bonchev–Trinajstić information content (AvgIpc) is 3.03. The summed E-state index contributed by atoms with van der Waals surface area (Å²) in [6.07, 6.45) is 2.49. The minimum atomic E-state index is -3.35. The van der Waals surface area contributed by atoms with Crippen LogP contribution in [-0.4, -0.2) is 62.1 Å². The van der Waals surface area contributed by atoms with E-state index in [1.54, 1.807) is 11.8 Å². The van der Waals surface area contributed by atoms with Gasteiger partial charge in [0.1, 0.15) is 11.1 Å². The number of carbonyl (C=O) groups excluding carboxylic acids is 2. The number of nitrogens with zero attached hydrogens (tertiary/aromatic N) is 3. The lowest BCUT2D eigenvalue weighted by molar-refractivity contribution is -0.120. The molecule has 1 N–H and O–H groups in total. The first-order valence-electron chi connectivity index (χ1n) is 9.46. The van der Waals surface area contributed by atoms with Crippen LogP contribution < -0.4 is 5.32 Å². The number of rotatable bonds is 4. The SMILES string of the molecule is CCOC(=O)N1CCc2c(sc(NC(=O)[C@@H]3CCCN(S(C)(=O)=O)C3)c2C#N)C1. The summed E-state index contributed by atoms with van der Waals surface area (Å²) in [5.74, 6) is -0.740. The molecular formula is C18H24N4O5S2. The molecule has 158 valence electrons. The largest absolute Gasteiger partial charge is 0.450 e. The number of hydrogen-bond donors (Lipinski definition) is 1. The lowest BCUT2D eigenvalue weighted by atomic mass is 9.98. The number of sulfonamides is 1. The molecule has 0 bridgehead atoms. The molecule has 11 heteroatoms. The number of anilines is 1. The predicted molar refractivity (Wildman–Crippen MR) is 108 cm³/mol. The van der Waals surface area contributed by atoms with Crippen molar-refractivity contribution in [3.63, 3.8) is 0 Å².